The van der Waals surface area contributed by atoms with Crippen LogP contribution in [0.25, 0.3) is 10.9 Å². The van der Waals surface area contributed by atoms with Crippen molar-refractivity contribution < 1.29 is 9.18 Å². The molecule has 0 unspecified atom stereocenters. The summed E-state index contributed by atoms with van der Waals surface area (Å²) < 4.78 is 14.2. The number of amides is 1. The highest BCUT2D eigenvalue weighted by molar-refractivity contribution is 5.79. The highest BCUT2D eigenvalue weighted by Crippen LogP contribution is 2.12. The third-order valence-corrected chi connectivity index (χ3v) is 3.79. The van der Waals surface area contributed by atoms with Gasteiger partial charge in [-0.25, -0.2) is 9.37 Å². The molecule has 0 aliphatic heterocycles. The second-order valence-electron chi connectivity index (χ2n) is 5.54. The van der Waals surface area contributed by atoms with E-state index in [1.165, 1.54) is 23.0 Å². The molecule has 0 bridgehead atoms. The molecule has 1 amide bonds. The maximum Gasteiger partial charge on any atom is 0.261 e. The van der Waals surface area contributed by atoms with Crippen molar-refractivity contribution in [3.8, 4) is 0 Å². The van der Waals surface area contributed by atoms with E-state index in [4.69, 9.17) is 0 Å². The van der Waals surface area contributed by atoms with Gasteiger partial charge in [0.25, 0.3) is 5.56 Å². The van der Waals surface area contributed by atoms with Crippen LogP contribution in [0, 0.1) is 5.82 Å². The Kier molecular flexibility index (Phi) is 4.37. The number of carbonyl (C=O) groups is 1. The average molecular weight is 325 g/mol. The Morgan fingerprint density at radius 1 is 1.21 bits per heavy atom. The molecule has 0 saturated carbocycles. The summed E-state index contributed by atoms with van der Waals surface area (Å²) in [7, 11) is 0. The van der Waals surface area contributed by atoms with Crippen LogP contribution in [0.4, 0.5) is 4.39 Å². The molecule has 3 rings (SSSR count). The normalized spacial score (nSPS) is 12.1. The number of benzene rings is 2. The van der Waals surface area contributed by atoms with Crippen LogP contribution >= 0.6 is 0 Å². The fraction of sp³-hybridized carbons (Fsp3) is 0.167. The Bertz CT molecular complexity index is 935. The van der Waals surface area contributed by atoms with Gasteiger partial charge in [0, 0.05) is 0 Å². The van der Waals surface area contributed by atoms with Crippen molar-refractivity contribution in [1.82, 2.24) is 14.9 Å². The number of para-hydroxylation sites is 1. The van der Waals surface area contributed by atoms with E-state index in [-0.39, 0.29) is 29.9 Å². The molecule has 24 heavy (non-hydrogen) atoms. The van der Waals surface area contributed by atoms with E-state index >= 15 is 0 Å². The van der Waals surface area contributed by atoms with Crippen molar-refractivity contribution in [2.24, 2.45) is 0 Å². The van der Waals surface area contributed by atoms with Crippen LogP contribution in [0.15, 0.2) is 59.7 Å². The van der Waals surface area contributed by atoms with Gasteiger partial charge in [0.2, 0.25) is 5.91 Å². The van der Waals surface area contributed by atoms with Crippen LogP contribution in [-0.2, 0) is 11.3 Å². The van der Waals surface area contributed by atoms with Crippen LogP contribution in [0.3, 0.4) is 0 Å². The Hall–Kier alpha value is -3.02. The zero-order chi connectivity index (χ0) is 17.1. The van der Waals surface area contributed by atoms with E-state index in [9.17, 15) is 14.0 Å². The minimum Gasteiger partial charge on any atom is -0.348 e. The lowest BCUT2D eigenvalue weighted by Crippen LogP contribution is -2.34. The molecule has 0 fully saturated rings. The summed E-state index contributed by atoms with van der Waals surface area (Å²) in [6, 6.07) is 12.6. The van der Waals surface area contributed by atoms with Crippen LogP contribution in [0.1, 0.15) is 18.5 Å². The fourth-order valence-electron chi connectivity index (χ4n) is 2.50. The number of fused-ring (bicyclic) bond motifs is 1. The number of aromatic nitrogens is 2. The van der Waals surface area contributed by atoms with Gasteiger partial charge in [-0.15, -0.1) is 0 Å². The summed E-state index contributed by atoms with van der Waals surface area (Å²) in [6.45, 7) is 1.68. The minimum atomic E-state index is -0.328. The van der Waals surface area contributed by atoms with Gasteiger partial charge in [-0.1, -0.05) is 24.3 Å². The number of halogens is 1. The van der Waals surface area contributed by atoms with Gasteiger partial charge in [0.1, 0.15) is 12.4 Å². The Labute approximate surface area is 137 Å². The largest absolute Gasteiger partial charge is 0.348 e. The number of hydrogen-bond donors (Lipinski definition) is 1. The van der Waals surface area contributed by atoms with Gasteiger partial charge in [-0.2, -0.15) is 0 Å². The van der Waals surface area contributed by atoms with Gasteiger partial charge in [-0.3, -0.25) is 14.2 Å². The van der Waals surface area contributed by atoms with Crippen LogP contribution in [0.5, 0.6) is 0 Å². The molecule has 1 aromatic heterocycles. The Morgan fingerprint density at radius 2 is 1.92 bits per heavy atom. The zero-order valence-corrected chi connectivity index (χ0v) is 13.1. The van der Waals surface area contributed by atoms with E-state index in [2.05, 4.69) is 10.3 Å². The number of hydrogen-bond acceptors (Lipinski definition) is 3. The van der Waals surface area contributed by atoms with E-state index in [1.807, 2.05) is 0 Å². The van der Waals surface area contributed by atoms with Crippen molar-refractivity contribution in [1.29, 1.82) is 0 Å². The van der Waals surface area contributed by atoms with Gasteiger partial charge in [0.05, 0.1) is 23.3 Å². The second-order valence-corrected chi connectivity index (χ2v) is 5.54. The summed E-state index contributed by atoms with van der Waals surface area (Å²) in [5, 5.41) is 3.26. The lowest BCUT2D eigenvalue weighted by Gasteiger charge is -2.15. The molecule has 5 nitrogen and oxygen atoms in total. The molecule has 1 atom stereocenters. The molecular formula is C18H16FN3O2. The predicted octanol–water partition coefficient (Wildman–Crippen LogP) is 2.41. The number of nitrogens with zero attached hydrogens (tertiary/aromatic N) is 2. The molecular weight excluding hydrogens is 309 g/mol. The Balaban J connectivity index is 1.74. The molecule has 3 aromatic rings. The summed E-state index contributed by atoms with van der Waals surface area (Å²) in [6.07, 6.45) is 1.37. The lowest BCUT2D eigenvalue weighted by molar-refractivity contribution is -0.122. The van der Waals surface area contributed by atoms with Crippen molar-refractivity contribution in [2.75, 3.05) is 0 Å². The highest BCUT2D eigenvalue weighted by atomic mass is 19.1. The van der Waals surface area contributed by atoms with E-state index in [0.717, 1.165) is 5.56 Å². The smallest absolute Gasteiger partial charge is 0.261 e. The first-order chi connectivity index (χ1) is 11.5. The second kappa shape index (κ2) is 6.62. The summed E-state index contributed by atoms with van der Waals surface area (Å²) in [5.74, 6) is -0.642. The van der Waals surface area contributed by atoms with Crippen LogP contribution in [-0.4, -0.2) is 15.5 Å². The number of nitrogens with one attached hydrogen (secondary N) is 1. The van der Waals surface area contributed by atoms with Gasteiger partial charge in [-0.05, 0) is 36.8 Å². The standard InChI is InChI=1S/C18H16FN3O2/c1-12(13-6-8-14(19)9-7-13)21-17(23)10-22-11-20-16-5-3-2-4-15(16)18(22)24/h2-9,11-12H,10H2,1H3,(H,21,23)/t12-/m0/s1. The zero-order valence-electron chi connectivity index (χ0n) is 13.1. The molecule has 1 N–H and O–H groups in total. The monoisotopic (exact) mass is 325 g/mol. The first-order valence-electron chi connectivity index (χ1n) is 7.53. The third kappa shape index (κ3) is 3.32. The number of rotatable bonds is 4. The predicted molar refractivity (Wildman–Crippen MR) is 89.0 cm³/mol. The molecule has 0 saturated heterocycles. The minimum absolute atomic E-state index is 0.123. The quantitative estimate of drug-likeness (QED) is 0.801. The van der Waals surface area contributed by atoms with E-state index in [0.29, 0.717) is 10.9 Å². The third-order valence-electron chi connectivity index (χ3n) is 3.79. The first kappa shape index (κ1) is 15.9. The fourth-order valence-corrected chi connectivity index (χ4v) is 2.50. The summed E-state index contributed by atoms with van der Waals surface area (Å²) in [4.78, 5) is 28.7. The van der Waals surface area contributed by atoms with Crippen LogP contribution < -0.4 is 10.9 Å². The van der Waals surface area contributed by atoms with Gasteiger partial charge in [0.15, 0.2) is 0 Å². The molecule has 6 heteroatoms. The highest BCUT2D eigenvalue weighted by Gasteiger charge is 2.12. The first-order valence-corrected chi connectivity index (χ1v) is 7.53. The summed E-state index contributed by atoms with van der Waals surface area (Å²) in [5.41, 5.74) is 1.12. The van der Waals surface area contributed by atoms with Gasteiger partial charge >= 0.3 is 0 Å². The van der Waals surface area contributed by atoms with Crippen molar-refractivity contribution in [3.63, 3.8) is 0 Å². The molecule has 0 spiro atoms. The summed E-state index contributed by atoms with van der Waals surface area (Å²) >= 11 is 0. The van der Waals surface area contributed by atoms with Gasteiger partial charge < -0.3 is 5.32 Å². The van der Waals surface area contributed by atoms with Crippen molar-refractivity contribution in [2.45, 2.75) is 19.5 Å². The molecule has 0 aliphatic rings. The Morgan fingerprint density at radius 3 is 2.67 bits per heavy atom. The number of carbonyl (C=O) groups excluding carboxylic acids is 1. The maximum absolute atomic E-state index is 12.9. The van der Waals surface area contributed by atoms with E-state index in [1.54, 1.807) is 43.3 Å². The average Bonchev–Trinajstić information content (AvgIpc) is 2.58. The van der Waals surface area contributed by atoms with Crippen molar-refractivity contribution >= 4 is 16.8 Å². The van der Waals surface area contributed by atoms with Crippen LogP contribution in [0.2, 0.25) is 0 Å². The van der Waals surface area contributed by atoms with E-state index < -0.39 is 0 Å². The molecule has 2 aromatic carbocycles. The molecule has 0 radical (unpaired) electrons. The van der Waals surface area contributed by atoms with Crippen molar-refractivity contribution in [3.05, 3.63) is 76.6 Å². The lowest BCUT2D eigenvalue weighted by atomic mass is 10.1. The molecule has 1 heterocycles. The molecule has 122 valence electrons. The topological polar surface area (TPSA) is 64.0 Å². The maximum atomic E-state index is 12.9. The molecule has 0 aliphatic carbocycles. The SMILES string of the molecule is C[C@H](NC(=O)Cn1cnc2ccccc2c1=O)c1ccc(F)cc1.